The topological polar surface area (TPSA) is 101 Å². The third-order valence-electron chi connectivity index (χ3n) is 4.94. The minimum atomic E-state index is -4.06. The number of halogens is 2. The van der Waals surface area contributed by atoms with Crippen LogP contribution >= 0.6 is 0 Å². The maximum absolute atomic E-state index is 13.3. The van der Waals surface area contributed by atoms with E-state index in [1.807, 2.05) is 18.7 Å². The maximum Gasteiger partial charge on any atom is 0.263 e. The largest absolute Gasteiger partial charge is 0.346 e. The number of anilines is 2. The molecule has 0 aliphatic carbocycles. The third kappa shape index (κ3) is 4.50. The van der Waals surface area contributed by atoms with Gasteiger partial charge in [0.05, 0.1) is 11.7 Å². The van der Waals surface area contributed by atoms with Crippen LogP contribution < -0.4 is 9.62 Å². The van der Waals surface area contributed by atoms with Gasteiger partial charge in [0.1, 0.15) is 22.3 Å². The smallest absolute Gasteiger partial charge is 0.263 e. The van der Waals surface area contributed by atoms with Crippen LogP contribution in [0.25, 0.3) is 0 Å². The number of nitrogens with one attached hydrogen (secondary N) is 1. The standard InChI is InChI=1S/C20H21F2N5O3S/c1-12(2)20-24-19(25-30-20)17-4-3-7-27(17)18-6-5-16(11-23-18)31(28,29)26-15-9-13(21)8-14(22)10-15/h5-6,8-12,17,26H,3-4,7H2,1-2H3. The molecule has 1 atom stereocenters. The molecule has 164 valence electrons. The van der Waals surface area contributed by atoms with Crippen LogP contribution in [0.3, 0.4) is 0 Å². The second-order valence-electron chi connectivity index (χ2n) is 7.61. The molecule has 1 saturated heterocycles. The lowest BCUT2D eigenvalue weighted by Gasteiger charge is -2.23. The van der Waals surface area contributed by atoms with Gasteiger partial charge in [-0.1, -0.05) is 19.0 Å². The van der Waals surface area contributed by atoms with Crippen LogP contribution in [-0.2, 0) is 10.0 Å². The second-order valence-corrected chi connectivity index (χ2v) is 9.30. The van der Waals surface area contributed by atoms with Gasteiger partial charge in [-0.3, -0.25) is 4.72 Å². The van der Waals surface area contributed by atoms with Gasteiger partial charge in [0.25, 0.3) is 10.0 Å². The van der Waals surface area contributed by atoms with E-state index in [9.17, 15) is 17.2 Å². The predicted molar refractivity (Wildman–Crippen MR) is 109 cm³/mol. The minimum Gasteiger partial charge on any atom is -0.346 e. The van der Waals surface area contributed by atoms with Crippen molar-refractivity contribution in [1.29, 1.82) is 0 Å². The Labute approximate surface area is 178 Å². The lowest BCUT2D eigenvalue weighted by molar-refractivity contribution is 0.358. The SMILES string of the molecule is CC(C)c1nc(C2CCCN2c2ccc(S(=O)(=O)Nc3cc(F)cc(F)c3)cn2)no1. The van der Waals surface area contributed by atoms with Crippen LogP contribution in [0.2, 0.25) is 0 Å². The normalized spacial score (nSPS) is 16.8. The van der Waals surface area contributed by atoms with Crippen molar-refractivity contribution >= 4 is 21.5 Å². The van der Waals surface area contributed by atoms with Crippen LogP contribution in [0.15, 0.2) is 45.9 Å². The van der Waals surface area contributed by atoms with Crippen molar-refractivity contribution in [2.75, 3.05) is 16.2 Å². The molecular formula is C20H21F2N5O3S. The minimum absolute atomic E-state index is 0.111. The number of sulfonamides is 1. The van der Waals surface area contributed by atoms with Crippen LogP contribution in [0.1, 0.15) is 50.4 Å². The summed E-state index contributed by atoms with van der Waals surface area (Å²) >= 11 is 0. The molecule has 4 rings (SSSR count). The van der Waals surface area contributed by atoms with Gasteiger partial charge >= 0.3 is 0 Å². The quantitative estimate of drug-likeness (QED) is 0.607. The Kier molecular flexibility index (Phi) is 5.61. The predicted octanol–water partition coefficient (Wildman–Crippen LogP) is 4.01. The molecule has 1 aliphatic heterocycles. The first-order chi connectivity index (χ1) is 14.7. The molecular weight excluding hydrogens is 428 g/mol. The molecule has 1 aromatic carbocycles. The van der Waals surface area contributed by atoms with E-state index in [-0.39, 0.29) is 22.5 Å². The summed E-state index contributed by atoms with van der Waals surface area (Å²) in [5, 5.41) is 4.09. The van der Waals surface area contributed by atoms with Crippen LogP contribution in [0, 0.1) is 11.6 Å². The van der Waals surface area contributed by atoms with Crippen molar-refractivity contribution in [3.63, 3.8) is 0 Å². The fourth-order valence-electron chi connectivity index (χ4n) is 3.45. The first-order valence-corrected chi connectivity index (χ1v) is 11.3. The van der Waals surface area contributed by atoms with E-state index in [2.05, 4.69) is 19.8 Å². The van der Waals surface area contributed by atoms with Gasteiger partial charge in [-0.25, -0.2) is 22.2 Å². The summed E-state index contributed by atoms with van der Waals surface area (Å²) < 4.78 is 59.3. The Balaban J connectivity index is 1.54. The highest BCUT2D eigenvalue weighted by Gasteiger charge is 2.31. The number of benzene rings is 1. The summed E-state index contributed by atoms with van der Waals surface area (Å²) in [6, 6.07) is 5.32. The average molecular weight is 449 g/mol. The van der Waals surface area contributed by atoms with Gasteiger partial charge in [-0.15, -0.1) is 0 Å². The zero-order valence-electron chi connectivity index (χ0n) is 16.9. The molecule has 1 fully saturated rings. The summed E-state index contributed by atoms with van der Waals surface area (Å²) in [5.74, 6) is 0.0826. The van der Waals surface area contributed by atoms with Crippen molar-refractivity contribution in [3.05, 3.63) is 59.9 Å². The maximum atomic E-state index is 13.3. The Bertz CT molecular complexity index is 1160. The molecule has 0 amide bonds. The molecule has 1 N–H and O–H groups in total. The number of nitrogens with zero attached hydrogens (tertiary/aromatic N) is 4. The van der Waals surface area contributed by atoms with Crippen molar-refractivity contribution in [2.24, 2.45) is 0 Å². The van der Waals surface area contributed by atoms with E-state index in [4.69, 9.17) is 4.52 Å². The molecule has 31 heavy (non-hydrogen) atoms. The molecule has 0 saturated carbocycles. The molecule has 0 spiro atoms. The van der Waals surface area contributed by atoms with Gasteiger partial charge in [0.15, 0.2) is 5.82 Å². The monoisotopic (exact) mass is 449 g/mol. The van der Waals surface area contributed by atoms with Crippen LogP contribution in [0.5, 0.6) is 0 Å². The van der Waals surface area contributed by atoms with Crippen LogP contribution in [-0.4, -0.2) is 30.1 Å². The summed E-state index contributed by atoms with van der Waals surface area (Å²) in [6.45, 7) is 4.66. The molecule has 0 radical (unpaired) electrons. The third-order valence-corrected chi connectivity index (χ3v) is 6.31. The average Bonchev–Trinajstić information content (AvgIpc) is 3.36. The fraction of sp³-hybridized carbons (Fsp3) is 0.350. The summed E-state index contributed by atoms with van der Waals surface area (Å²) in [7, 11) is -4.06. The Hall–Kier alpha value is -3.08. The highest BCUT2D eigenvalue weighted by atomic mass is 32.2. The van der Waals surface area contributed by atoms with E-state index in [0.29, 0.717) is 23.6 Å². The molecule has 1 aliphatic rings. The van der Waals surface area contributed by atoms with Crippen molar-refractivity contribution in [3.8, 4) is 0 Å². The zero-order valence-corrected chi connectivity index (χ0v) is 17.7. The molecule has 11 heteroatoms. The number of pyridine rings is 1. The highest BCUT2D eigenvalue weighted by molar-refractivity contribution is 7.92. The first-order valence-electron chi connectivity index (χ1n) is 9.78. The van der Waals surface area contributed by atoms with E-state index in [1.54, 1.807) is 6.07 Å². The number of hydrogen-bond donors (Lipinski definition) is 1. The number of hydrogen-bond acceptors (Lipinski definition) is 7. The van der Waals surface area contributed by atoms with E-state index >= 15 is 0 Å². The van der Waals surface area contributed by atoms with Crippen LogP contribution in [0.4, 0.5) is 20.3 Å². The Morgan fingerprint density at radius 1 is 1.19 bits per heavy atom. The van der Waals surface area contributed by atoms with E-state index < -0.39 is 21.7 Å². The van der Waals surface area contributed by atoms with Gasteiger partial charge < -0.3 is 9.42 Å². The fourth-order valence-corrected chi connectivity index (χ4v) is 4.44. The van der Waals surface area contributed by atoms with Gasteiger partial charge in [0.2, 0.25) is 5.89 Å². The van der Waals surface area contributed by atoms with Crippen molar-refractivity contribution in [2.45, 2.75) is 43.5 Å². The van der Waals surface area contributed by atoms with Crippen molar-refractivity contribution in [1.82, 2.24) is 15.1 Å². The summed E-state index contributed by atoms with van der Waals surface area (Å²) in [6.07, 6.45) is 2.94. The molecule has 1 unspecified atom stereocenters. The van der Waals surface area contributed by atoms with Gasteiger partial charge in [-0.2, -0.15) is 4.98 Å². The van der Waals surface area contributed by atoms with Gasteiger partial charge in [0, 0.05) is 24.7 Å². The second kappa shape index (κ2) is 8.22. The zero-order chi connectivity index (χ0) is 22.2. The lowest BCUT2D eigenvalue weighted by Crippen LogP contribution is -2.24. The molecule has 3 heterocycles. The van der Waals surface area contributed by atoms with E-state index in [0.717, 1.165) is 31.5 Å². The molecule has 8 nitrogen and oxygen atoms in total. The highest BCUT2D eigenvalue weighted by Crippen LogP contribution is 2.34. The van der Waals surface area contributed by atoms with Gasteiger partial charge in [-0.05, 0) is 37.1 Å². The molecule has 0 bridgehead atoms. The molecule has 2 aromatic heterocycles. The lowest BCUT2D eigenvalue weighted by atomic mass is 10.2. The Morgan fingerprint density at radius 3 is 2.55 bits per heavy atom. The van der Waals surface area contributed by atoms with Crippen molar-refractivity contribution < 1.29 is 21.7 Å². The first kappa shape index (κ1) is 21.2. The number of aromatic nitrogens is 3. The molecule has 3 aromatic rings. The summed E-state index contributed by atoms with van der Waals surface area (Å²) in [5.41, 5.74) is -0.209. The number of rotatable bonds is 6. The van der Waals surface area contributed by atoms with E-state index in [1.165, 1.54) is 12.3 Å². The summed E-state index contributed by atoms with van der Waals surface area (Å²) in [4.78, 5) is 10.6. The Morgan fingerprint density at radius 2 is 1.94 bits per heavy atom.